The smallest absolute Gasteiger partial charge is 0.251 e. The SMILES string of the molecule is O=C(NCC1Cc2cc(-c3cccnc3)cc(F)c2O1)c1ccc2c(c1)OCO2. The zero-order valence-electron chi connectivity index (χ0n) is 15.4. The minimum atomic E-state index is -0.411. The molecule has 7 heteroatoms. The zero-order chi connectivity index (χ0) is 19.8. The number of halogens is 1. The number of fused-ring (bicyclic) bond motifs is 2. The second kappa shape index (κ2) is 7.09. The van der Waals surface area contributed by atoms with Crippen molar-refractivity contribution in [3.05, 3.63) is 71.8 Å². The van der Waals surface area contributed by atoms with Gasteiger partial charge in [-0.3, -0.25) is 9.78 Å². The summed E-state index contributed by atoms with van der Waals surface area (Å²) in [6.45, 7) is 0.421. The third-order valence-corrected chi connectivity index (χ3v) is 4.97. The molecule has 0 bridgehead atoms. The lowest BCUT2D eigenvalue weighted by molar-refractivity contribution is 0.0932. The number of rotatable bonds is 4. The summed E-state index contributed by atoms with van der Waals surface area (Å²) in [6, 6.07) is 12.1. The molecule has 146 valence electrons. The van der Waals surface area contributed by atoms with Gasteiger partial charge < -0.3 is 19.5 Å². The molecule has 1 amide bonds. The number of benzene rings is 2. The molecule has 3 aromatic rings. The Balaban J connectivity index is 1.26. The van der Waals surface area contributed by atoms with Gasteiger partial charge in [0.05, 0.1) is 6.54 Å². The normalized spacial score (nSPS) is 16.2. The number of ether oxygens (including phenoxy) is 3. The molecular formula is C22H17FN2O4. The Bertz CT molecular complexity index is 1090. The maximum absolute atomic E-state index is 14.5. The summed E-state index contributed by atoms with van der Waals surface area (Å²) in [4.78, 5) is 16.5. The molecule has 0 saturated heterocycles. The molecule has 0 fully saturated rings. The summed E-state index contributed by atoms with van der Waals surface area (Å²) in [7, 11) is 0. The predicted molar refractivity (Wildman–Crippen MR) is 103 cm³/mol. The highest BCUT2D eigenvalue weighted by atomic mass is 19.1. The number of nitrogens with one attached hydrogen (secondary N) is 1. The fraction of sp³-hybridized carbons (Fsp3) is 0.182. The highest BCUT2D eigenvalue weighted by Crippen LogP contribution is 2.36. The molecule has 2 aliphatic heterocycles. The predicted octanol–water partition coefficient (Wildman–Crippen LogP) is 3.35. The third kappa shape index (κ3) is 3.35. The van der Waals surface area contributed by atoms with Crippen molar-refractivity contribution in [2.24, 2.45) is 0 Å². The molecule has 0 spiro atoms. The van der Waals surface area contributed by atoms with Crippen molar-refractivity contribution in [3.63, 3.8) is 0 Å². The lowest BCUT2D eigenvalue weighted by atomic mass is 10.0. The molecule has 0 saturated carbocycles. The minimum absolute atomic E-state index is 0.154. The first kappa shape index (κ1) is 17.5. The van der Waals surface area contributed by atoms with E-state index in [4.69, 9.17) is 14.2 Å². The van der Waals surface area contributed by atoms with Gasteiger partial charge in [-0.1, -0.05) is 6.07 Å². The van der Waals surface area contributed by atoms with Gasteiger partial charge >= 0.3 is 0 Å². The van der Waals surface area contributed by atoms with Crippen molar-refractivity contribution < 1.29 is 23.4 Å². The van der Waals surface area contributed by atoms with E-state index in [-0.39, 0.29) is 31.1 Å². The Morgan fingerprint density at radius 2 is 2.03 bits per heavy atom. The van der Waals surface area contributed by atoms with Crippen molar-refractivity contribution in [1.29, 1.82) is 0 Å². The molecule has 1 unspecified atom stereocenters. The summed E-state index contributed by atoms with van der Waals surface area (Å²) in [5.41, 5.74) is 2.85. The summed E-state index contributed by atoms with van der Waals surface area (Å²) in [5.74, 6) is 0.758. The average molecular weight is 392 g/mol. The highest BCUT2D eigenvalue weighted by Gasteiger charge is 2.27. The summed E-state index contributed by atoms with van der Waals surface area (Å²) in [5, 5.41) is 2.84. The average Bonchev–Trinajstić information content (AvgIpc) is 3.39. The first-order chi connectivity index (χ1) is 14.2. The van der Waals surface area contributed by atoms with Crippen LogP contribution in [0.5, 0.6) is 17.2 Å². The van der Waals surface area contributed by atoms with Crippen LogP contribution in [-0.2, 0) is 6.42 Å². The van der Waals surface area contributed by atoms with Crippen LogP contribution in [0.15, 0.2) is 54.9 Å². The Labute approximate surface area is 166 Å². The molecule has 0 aliphatic carbocycles. The van der Waals surface area contributed by atoms with Crippen molar-refractivity contribution in [2.45, 2.75) is 12.5 Å². The Hall–Kier alpha value is -3.61. The highest BCUT2D eigenvalue weighted by molar-refractivity contribution is 5.95. The van der Waals surface area contributed by atoms with Gasteiger partial charge in [0.1, 0.15) is 6.10 Å². The van der Waals surface area contributed by atoms with Gasteiger partial charge in [0.2, 0.25) is 6.79 Å². The maximum atomic E-state index is 14.5. The molecular weight excluding hydrogens is 375 g/mol. The topological polar surface area (TPSA) is 69.7 Å². The molecule has 6 nitrogen and oxygen atoms in total. The third-order valence-electron chi connectivity index (χ3n) is 4.97. The number of hydrogen-bond acceptors (Lipinski definition) is 5. The number of nitrogens with zero attached hydrogens (tertiary/aromatic N) is 1. The fourth-order valence-corrected chi connectivity index (χ4v) is 3.55. The first-order valence-electron chi connectivity index (χ1n) is 9.25. The van der Waals surface area contributed by atoms with Crippen LogP contribution in [-0.4, -0.2) is 30.3 Å². The van der Waals surface area contributed by atoms with E-state index < -0.39 is 5.82 Å². The molecule has 1 aromatic heterocycles. The molecule has 29 heavy (non-hydrogen) atoms. The summed E-state index contributed by atoms with van der Waals surface area (Å²) < 4.78 is 30.8. The van der Waals surface area contributed by atoms with Crippen molar-refractivity contribution in [2.75, 3.05) is 13.3 Å². The number of carbonyl (C=O) groups excluding carboxylic acids is 1. The molecule has 0 radical (unpaired) electrons. The number of aromatic nitrogens is 1. The molecule has 1 atom stereocenters. The number of carbonyl (C=O) groups is 1. The molecule has 5 rings (SSSR count). The standard InChI is InChI=1S/C22H17FN2O4/c23-18-8-15(14-2-1-5-24-10-14)6-16-7-17(29-21(16)18)11-25-22(26)13-3-4-19-20(9-13)28-12-27-19/h1-6,8-10,17H,7,11-12H2,(H,25,26). The lowest BCUT2D eigenvalue weighted by Crippen LogP contribution is -2.34. The Morgan fingerprint density at radius 3 is 2.90 bits per heavy atom. The van der Waals surface area contributed by atoms with E-state index in [0.717, 1.165) is 16.7 Å². The summed E-state index contributed by atoms with van der Waals surface area (Å²) in [6.07, 6.45) is 3.55. The van der Waals surface area contributed by atoms with E-state index in [1.807, 2.05) is 18.2 Å². The van der Waals surface area contributed by atoms with Crippen LogP contribution in [0.1, 0.15) is 15.9 Å². The van der Waals surface area contributed by atoms with E-state index in [2.05, 4.69) is 10.3 Å². The number of pyridine rings is 1. The zero-order valence-corrected chi connectivity index (χ0v) is 15.4. The number of amides is 1. The van der Waals surface area contributed by atoms with Crippen molar-refractivity contribution in [3.8, 4) is 28.4 Å². The molecule has 1 N–H and O–H groups in total. The number of hydrogen-bond donors (Lipinski definition) is 1. The first-order valence-corrected chi connectivity index (χ1v) is 9.25. The van der Waals surface area contributed by atoms with Crippen molar-refractivity contribution >= 4 is 5.91 Å². The molecule has 2 aromatic carbocycles. The van der Waals surface area contributed by atoms with E-state index in [1.165, 1.54) is 6.07 Å². The van der Waals surface area contributed by atoms with Crippen LogP contribution in [0, 0.1) is 5.82 Å². The second-order valence-electron chi connectivity index (χ2n) is 6.91. The quantitative estimate of drug-likeness (QED) is 0.738. The van der Waals surface area contributed by atoms with Gasteiger partial charge in [0.15, 0.2) is 23.1 Å². The van der Waals surface area contributed by atoms with Gasteiger partial charge in [0, 0.05) is 35.5 Å². The largest absolute Gasteiger partial charge is 0.485 e. The van der Waals surface area contributed by atoms with Gasteiger partial charge in [0.25, 0.3) is 5.91 Å². The van der Waals surface area contributed by atoms with Crippen LogP contribution in [0.25, 0.3) is 11.1 Å². The Kier molecular flexibility index (Phi) is 4.27. The van der Waals surface area contributed by atoms with Crippen LogP contribution in [0.3, 0.4) is 0 Å². The van der Waals surface area contributed by atoms with Crippen LogP contribution in [0.4, 0.5) is 4.39 Å². The van der Waals surface area contributed by atoms with Crippen LogP contribution in [0.2, 0.25) is 0 Å². The molecule has 2 aliphatic rings. The van der Waals surface area contributed by atoms with E-state index in [1.54, 1.807) is 30.6 Å². The Morgan fingerprint density at radius 1 is 1.14 bits per heavy atom. The van der Waals surface area contributed by atoms with Gasteiger partial charge in [-0.2, -0.15) is 0 Å². The van der Waals surface area contributed by atoms with Crippen LogP contribution >= 0.6 is 0 Å². The van der Waals surface area contributed by atoms with Gasteiger partial charge in [-0.05, 0) is 42.0 Å². The van der Waals surface area contributed by atoms with Gasteiger partial charge in [-0.25, -0.2) is 4.39 Å². The second-order valence-corrected chi connectivity index (χ2v) is 6.91. The van der Waals surface area contributed by atoms with Crippen molar-refractivity contribution in [1.82, 2.24) is 10.3 Å². The van der Waals surface area contributed by atoms with E-state index in [9.17, 15) is 9.18 Å². The van der Waals surface area contributed by atoms with Gasteiger partial charge in [-0.15, -0.1) is 0 Å². The monoisotopic (exact) mass is 392 g/mol. The minimum Gasteiger partial charge on any atom is -0.485 e. The van der Waals surface area contributed by atoms with Crippen LogP contribution < -0.4 is 19.5 Å². The fourth-order valence-electron chi connectivity index (χ4n) is 3.55. The van der Waals surface area contributed by atoms with E-state index in [0.29, 0.717) is 23.5 Å². The molecule has 3 heterocycles. The summed E-state index contributed by atoms with van der Waals surface area (Å²) >= 11 is 0. The maximum Gasteiger partial charge on any atom is 0.251 e. The van der Waals surface area contributed by atoms with E-state index >= 15 is 0 Å². The lowest BCUT2D eigenvalue weighted by Gasteiger charge is -2.12.